The fraction of sp³-hybridized carbons (Fsp3) is 0.381. The van der Waals surface area contributed by atoms with E-state index in [1.54, 1.807) is 0 Å². The summed E-state index contributed by atoms with van der Waals surface area (Å²) in [7, 11) is 0. The Labute approximate surface area is 143 Å². The minimum Gasteiger partial charge on any atom is -0.340 e. The Morgan fingerprint density at radius 3 is 1.92 bits per heavy atom. The van der Waals surface area contributed by atoms with E-state index in [1.165, 1.54) is 11.1 Å². The van der Waals surface area contributed by atoms with Crippen LogP contribution >= 0.6 is 0 Å². The summed E-state index contributed by atoms with van der Waals surface area (Å²) in [6.07, 6.45) is 3.71. The van der Waals surface area contributed by atoms with Crippen LogP contribution in [0.3, 0.4) is 0 Å². The topological polar surface area (TPSA) is 46.3 Å². The predicted octanol–water partition coefficient (Wildman–Crippen LogP) is 3.09. The highest BCUT2D eigenvalue weighted by atomic mass is 16.2. The molecule has 2 fully saturated rings. The highest BCUT2D eigenvalue weighted by Gasteiger charge is 2.50. The van der Waals surface area contributed by atoms with Gasteiger partial charge in [-0.05, 0) is 36.8 Å². The number of nitrogens with two attached hydrogens (primary N) is 1. The maximum Gasteiger partial charge on any atom is 0.242 e. The molecule has 2 aromatic carbocycles. The molecular weight excluding hydrogens is 296 g/mol. The third-order valence-electron chi connectivity index (χ3n) is 5.65. The van der Waals surface area contributed by atoms with Crippen molar-refractivity contribution >= 4 is 5.91 Å². The van der Waals surface area contributed by atoms with Crippen LogP contribution in [0.2, 0.25) is 0 Å². The number of rotatable bonds is 3. The van der Waals surface area contributed by atoms with Crippen molar-refractivity contribution in [3.8, 4) is 0 Å². The van der Waals surface area contributed by atoms with Crippen molar-refractivity contribution in [2.45, 2.75) is 36.6 Å². The zero-order chi connectivity index (χ0) is 16.6. The monoisotopic (exact) mass is 320 g/mol. The summed E-state index contributed by atoms with van der Waals surface area (Å²) in [6, 6.07) is 21.2. The maximum absolute atomic E-state index is 12.8. The Morgan fingerprint density at radius 2 is 1.42 bits per heavy atom. The van der Waals surface area contributed by atoms with Crippen LogP contribution in [0.5, 0.6) is 0 Å². The highest BCUT2D eigenvalue weighted by Crippen LogP contribution is 2.42. The second-order valence-electron chi connectivity index (χ2n) is 7.30. The fourth-order valence-corrected chi connectivity index (χ4v) is 4.04. The van der Waals surface area contributed by atoms with E-state index in [4.69, 9.17) is 5.73 Å². The van der Waals surface area contributed by atoms with Crippen molar-refractivity contribution in [1.29, 1.82) is 0 Å². The first-order chi connectivity index (χ1) is 11.6. The molecule has 0 atom stereocenters. The van der Waals surface area contributed by atoms with Gasteiger partial charge in [0.2, 0.25) is 5.91 Å². The molecule has 4 rings (SSSR count). The molecule has 0 unspecified atom stereocenters. The fourth-order valence-electron chi connectivity index (χ4n) is 4.04. The smallest absolute Gasteiger partial charge is 0.242 e. The Bertz CT molecular complexity index is 683. The number of carbonyl (C=O) groups is 1. The maximum atomic E-state index is 12.8. The van der Waals surface area contributed by atoms with E-state index in [0.29, 0.717) is 0 Å². The van der Waals surface area contributed by atoms with Crippen LogP contribution in [0.25, 0.3) is 0 Å². The van der Waals surface area contributed by atoms with Gasteiger partial charge in [0.1, 0.15) is 0 Å². The molecule has 2 N–H and O–H groups in total. The summed E-state index contributed by atoms with van der Waals surface area (Å²) in [6.45, 7) is 1.54. The number of benzene rings is 2. The summed E-state index contributed by atoms with van der Waals surface area (Å²) >= 11 is 0. The molecule has 0 aromatic heterocycles. The lowest BCUT2D eigenvalue weighted by Crippen LogP contribution is -2.54. The van der Waals surface area contributed by atoms with Gasteiger partial charge in [-0.25, -0.2) is 0 Å². The van der Waals surface area contributed by atoms with E-state index in [0.717, 1.165) is 38.8 Å². The molecule has 2 aromatic rings. The van der Waals surface area contributed by atoms with Crippen LogP contribution in [0, 0.1) is 0 Å². The molecule has 3 heteroatoms. The van der Waals surface area contributed by atoms with E-state index in [2.05, 4.69) is 48.5 Å². The molecule has 2 aliphatic rings. The van der Waals surface area contributed by atoms with Gasteiger partial charge in [-0.3, -0.25) is 4.79 Å². The average molecular weight is 320 g/mol. The van der Waals surface area contributed by atoms with E-state index in [1.807, 2.05) is 17.0 Å². The first kappa shape index (κ1) is 15.4. The number of likely N-dealkylation sites (tertiary alicyclic amines) is 1. The molecule has 1 heterocycles. The van der Waals surface area contributed by atoms with Crippen molar-refractivity contribution in [2.75, 3.05) is 13.1 Å². The Hall–Kier alpha value is -2.13. The van der Waals surface area contributed by atoms with Crippen LogP contribution in [-0.2, 0) is 10.2 Å². The van der Waals surface area contributed by atoms with E-state index in [-0.39, 0.29) is 11.3 Å². The number of amides is 1. The second-order valence-corrected chi connectivity index (χ2v) is 7.30. The highest BCUT2D eigenvalue weighted by molar-refractivity contribution is 5.89. The summed E-state index contributed by atoms with van der Waals surface area (Å²) in [5, 5.41) is 0. The van der Waals surface area contributed by atoms with Crippen LogP contribution in [0.15, 0.2) is 60.7 Å². The first-order valence-electron chi connectivity index (χ1n) is 8.83. The van der Waals surface area contributed by atoms with Gasteiger partial charge in [0.25, 0.3) is 0 Å². The summed E-state index contributed by atoms with van der Waals surface area (Å²) in [4.78, 5) is 14.8. The Balaban J connectivity index is 1.75. The van der Waals surface area contributed by atoms with Crippen molar-refractivity contribution in [2.24, 2.45) is 5.73 Å². The Kier molecular flexibility index (Phi) is 3.69. The molecule has 1 saturated heterocycles. The third kappa shape index (κ3) is 2.53. The van der Waals surface area contributed by atoms with Gasteiger partial charge in [-0.15, -0.1) is 0 Å². The lowest BCUT2D eigenvalue weighted by atomic mass is 9.69. The normalized spacial score (nSPS) is 21.3. The summed E-state index contributed by atoms with van der Waals surface area (Å²) in [5.41, 5.74) is 8.05. The molecule has 1 aliphatic carbocycles. The number of carbonyl (C=O) groups excluding carboxylic acids is 1. The number of piperidine rings is 1. The van der Waals surface area contributed by atoms with Crippen LogP contribution in [0.1, 0.15) is 36.8 Å². The van der Waals surface area contributed by atoms with Gasteiger partial charge >= 0.3 is 0 Å². The molecule has 0 radical (unpaired) electrons. The zero-order valence-electron chi connectivity index (χ0n) is 13.9. The van der Waals surface area contributed by atoms with Crippen molar-refractivity contribution in [3.05, 3.63) is 71.8 Å². The minimum absolute atomic E-state index is 0.137. The van der Waals surface area contributed by atoms with Gasteiger partial charge in [0.05, 0.1) is 5.54 Å². The number of nitrogens with zero attached hydrogens (tertiary/aromatic N) is 1. The molecule has 0 bridgehead atoms. The first-order valence-corrected chi connectivity index (χ1v) is 8.83. The Morgan fingerprint density at radius 1 is 0.875 bits per heavy atom. The molecule has 0 spiro atoms. The SMILES string of the molecule is NC1(C(=O)N2CCCC(c3ccccc3)(c3ccccc3)C2)CC1. The standard InChI is InChI=1S/C21H24N2O/c22-21(13-14-21)19(24)23-15-7-12-20(16-23,17-8-3-1-4-9-17)18-10-5-2-6-11-18/h1-6,8-11H,7,12-16,22H2. The predicted molar refractivity (Wildman–Crippen MR) is 95.6 cm³/mol. The van der Waals surface area contributed by atoms with Gasteiger partial charge < -0.3 is 10.6 Å². The van der Waals surface area contributed by atoms with E-state index >= 15 is 0 Å². The number of hydrogen-bond donors (Lipinski definition) is 1. The van der Waals surface area contributed by atoms with Gasteiger partial charge in [0.15, 0.2) is 0 Å². The quantitative estimate of drug-likeness (QED) is 0.944. The van der Waals surface area contributed by atoms with Crippen LogP contribution in [-0.4, -0.2) is 29.4 Å². The van der Waals surface area contributed by atoms with Crippen LogP contribution in [0.4, 0.5) is 0 Å². The van der Waals surface area contributed by atoms with E-state index in [9.17, 15) is 4.79 Å². The van der Waals surface area contributed by atoms with Crippen molar-refractivity contribution in [1.82, 2.24) is 4.90 Å². The minimum atomic E-state index is -0.587. The lowest BCUT2D eigenvalue weighted by Gasteiger charge is -2.44. The molecule has 1 saturated carbocycles. The van der Waals surface area contributed by atoms with E-state index < -0.39 is 5.54 Å². The molecule has 24 heavy (non-hydrogen) atoms. The van der Waals surface area contributed by atoms with Crippen molar-refractivity contribution < 1.29 is 4.79 Å². The molecule has 1 amide bonds. The summed E-state index contributed by atoms with van der Waals surface area (Å²) < 4.78 is 0. The second kappa shape index (κ2) is 5.75. The lowest BCUT2D eigenvalue weighted by molar-refractivity contribution is -0.135. The molecular formula is C21H24N2O. The largest absolute Gasteiger partial charge is 0.340 e. The van der Waals surface area contributed by atoms with Crippen LogP contribution < -0.4 is 5.73 Å². The van der Waals surface area contributed by atoms with Crippen molar-refractivity contribution in [3.63, 3.8) is 0 Å². The molecule has 124 valence electrons. The van der Waals surface area contributed by atoms with Gasteiger partial charge in [-0.1, -0.05) is 60.7 Å². The van der Waals surface area contributed by atoms with Gasteiger partial charge in [0, 0.05) is 18.5 Å². The summed E-state index contributed by atoms with van der Waals surface area (Å²) in [5.74, 6) is 0.137. The third-order valence-corrected chi connectivity index (χ3v) is 5.65. The molecule has 3 nitrogen and oxygen atoms in total. The number of hydrogen-bond acceptors (Lipinski definition) is 2. The van der Waals surface area contributed by atoms with Gasteiger partial charge in [-0.2, -0.15) is 0 Å². The molecule has 1 aliphatic heterocycles. The average Bonchev–Trinajstić information content (AvgIpc) is 3.41. The zero-order valence-corrected chi connectivity index (χ0v) is 13.9.